The number of hydrogen-bond donors (Lipinski definition) is 1. The number of aromatic nitrogens is 2. The van der Waals surface area contributed by atoms with Crippen molar-refractivity contribution in [3.8, 4) is 0 Å². The van der Waals surface area contributed by atoms with E-state index in [4.69, 9.17) is 16.3 Å². The molecule has 2 aromatic heterocycles. The molecule has 0 amide bonds. The van der Waals surface area contributed by atoms with Crippen LogP contribution in [0.5, 0.6) is 0 Å². The first kappa shape index (κ1) is 14.7. The van der Waals surface area contributed by atoms with E-state index in [2.05, 4.69) is 10.3 Å². The van der Waals surface area contributed by atoms with Crippen molar-refractivity contribution in [3.05, 3.63) is 22.4 Å². The van der Waals surface area contributed by atoms with Crippen LogP contribution < -0.4 is 5.32 Å². The molecule has 0 saturated heterocycles. The molecule has 2 heterocycles. The second kappa shape index (κ2) is 7.18. The van der Waals surface area contributed by atoms with E-state index in [1.54, 1.807) is 18.4 Å². The van der Waals surface area contributed by atoms with E-state index in [0.717, 1.165) is 36.8 Å². The lowest BCUT2D eigenvalue weighted by Crippen LogP contribution is -2.17. The highest BCUT2D eigenvalue weighted by molar-refractivity contribution is 7.15. The number of thiazole rings is 1. The van der Waals surface area contributed by atoms with E-state index < -0.39 is 0 Å². The summed E-state index contributed by atoms with van der Waals surface area (Å²) in [4.78, 5) is 5.21. The van der Waals surface area contributed by atoms with Crippen molar-refractivity contribution in [1.29, 1.82) is 0 Å². The van der Waals surface area contributed by atoms with Crippen LogP contribution in [0, 0.1) is 0 Å². The Bertz CT molecular complexity index is 457. The molecule has 0 aliphatic heterocycles. The minimum absolute atomic E-state index is 0. The van der Waals surface area contributed by atoms with Crippen LogP contribution in [0.3, 0.4) is 0 Å². The number of imidazole rings is 1. The molecule has 2 rings (SSSR count). The Morgan fingerprint density at radius 2 is 2.41 bits per heavy atom. The summed E-state index contributed by atoms with van der Waals surface area (Å²) in [5.41, 5.74) is 1.02. The van der Waals surface area contributed by atoms with Crippen molar-refractivity contribution in [2.75, 3.05) is 20.3 Å². The highest BCUT2D eigenvalue weighted by atomic mass is 35.5. The molecule has 1 N–H and O–H groups in total. The second-order valence-electron chi connectivity index (χ2n) is 3.43. The van der Waals surface area contributed by atoms with E-state index in [1.165, 1.54) is 0 Å². The van der Waals surface area contributed by atoms with Crippen molar-refractivity contribution < 1.29 is 4.74 Å². The first-order valence-electron chi connectivity index (χ1n) is 5.12. The maximum absolute atomic E-state index is 6.06. The van der Waals surface area contributed by atoms with Gasteiger partial charge in [-0.3, -0.25) is 4.40 Å². The zero-order valence-electron chi connectivity index (χ0n) is 9.48. The average Bonchev–Trinajstić information content (AvgIpc) is 2.80. The predicted octanol–water partition coefficient (Wildman–Crippen LogP) is 2.60. The van der Waals surface area contributed by atoms with Crippen LogP contribution in [-0.4, -0.2) is 29.6 Å². The van der Waals surface area contributed by atoms with Crippen LogP contribution in [0.2, 0.25) is 5.15 Å². The molecule has 0 aliphatic rings. The normalized spacial score (nSPS) is 10.7. The maximum Gasteiger partial charge on any atom is 0.195 e. The van der Waals surface area contributed by atoms with E-state index in [9.17, 15) is 0 Å². The van der Waals surface area contributed by atoms with Gasteiger partial charge in [-0.25, -0.2) is 4.98 Å². The summed E-state index contributed by atoms with van der Waals surface area (Å²) in [6.45, 7) is 2.43. The van der Waals surface area contributed by atoms with E-state index in [-0.39, 0.29) is 12.4 Å². The molecule has 0 bridgehead atoms. The van der Waals surface area contributed by atoms with Crippen molar-refractivity contribution in [2.24, 2.45) is 0 Å². The fourth-order valence-electron chi connectivity index (χ4n) is 1.51. The molecule has 96 valence electrons. The average molecular weight is 296 g/mol. The largest absolute Gasteiger partial charge is 0.385 e. The van der Waals surface area contributed by atoms with E-state index in [1.807, 2.05) is 16.0 Å². The zero-order chi connectivity index (χ0) is 11.4. The molecule has 17 heavy (non-hydrogen) atoms. The maximum atomic E-state index is 6.06. The summed E-state index contributed by atoms with van der Waals surface area (Å²) < 4.78 is 7.00. The minimum Gasteiger partial charge on any atom is -0.385 e. The smallest absolute Gasteiger partial charge is 0.195 e. The lowest BCUT2D eigenvalue weighted by molar-refractivity contribution is 0.194. The van der Waals surface area contributed by atoms with Gasteiger partial charge in [0, 0.05) is 31.8 Å². The highest BCUT2D eigenvalue weighted by Gasteiger charge is 2.09. The monoisotopic (exact) mass is 295 g/mol. The van der Waals surface area contributed by atoms with Crippen LogP contribution in [0.25, 0.3) is 4.96 Å². The molecule has 0 radical (unpaired) electrons. The number of hydrogen-bond acceptors (Lipinski definition) is 4. The van der Waals surface area contributed by atoms with Crippen LogP contribution in [0.4, 0.5) is 0 Å². The van der Waals surface area contributed by atoms with E-state index in [0.29, 0.717) is 5.15 Å². The third-order valence-electron chi connectivity index (χ3n) is 2.31. The number of methoxy groups -OCH3 is 1. The fraction of sp³-hybridized carbons (Fsp3) is 0.500. The van der Waals surface area contributed by atoms with Crippen molar-refractivity contribution in [3.63, 3.8) is 0 Å². The summed E-state index contributed by atoms with van der Waals surface area (Å²) in [7, 11) is 1.71. The predicted molar refractivity (Wildman–Crippen MR) is 73.5 cm³/mol. The third kappa shape index (κ3) is 3.56. The van der Waals surface area contributed by atoms with Gasteiger partial charge in [-0.2, -0.15) is 0 Å². The lowest BCUT2D eigenvalue weighted by Gasteiger charge is -2.03. The van der Waals surface area contributed by atoms with Crippen molar-refractivity contribution in [1.82, 2.24) is 14.7 Å². The zero-order valence-corrected chi connectivity index (χ0v) is 11.9. The highest BCUT2D eigenvalue weighted by Crippen LogP contribution is 2.20. The Morgan fingerprint density at radius 3 is 3.18 bits per heavy atom. The summed E-state index contributed by atoms with van der Waals surface area (Å²) >= 11 is 7.65. The summed E-state index contributed by atoms with van der Waals surface area (Å²) in [5, 5.41) is 5.92. The Hall–Kier alpha value is -0.330. The molecule has 0 atom stereocenters. The molecular formula is C10H15Cl2N3OS. The Balaban J connectivity index is 0.00000144. The molecule has 4 nitrogen and oxygen atoms in total. The van der Waals surface area contributed by atoms with Gasteiger partial charge in [-0.1, -0.05) is 11.6 Å². The van der Waals surface area contributed by atoms with Gasteiger partial charge < -0.3 is 10.1 Å². The number of rotatable bonds is 6. The van der Waals surface area contributed by atoms with Gasteiger partial charge in [0.2, 0.25) is 0 Å². The number of halogens is 2. The first-order chi connectivity index (χ1) is 7.83. The summed E-state index contributed by atoms with van der Waals surface area (Å²) in [6, 6.07) is 0. The summed E-state index contributed by atoms with van der Waals surface area (Å²) in [5.74, 6) is 0. The van der Waals surface area contributed by atoms with Gasteiger partial charge >= 0.3 is 0 Å². The second-order valence-corrected chi connectivity index (χ2v) is 4.66. The standard InChI is InChI=1S/C10H14ClN3OS.ClH/c1-15-5-2-3-12-7-8-9(11)13-10-14(8)4-6-16-10;/h4,6,12H,2-3,5,7H2,1H3;1H. The van der Waals surface area contributed by atoms with Crippen LogP contribution in [0.1, 0.15) is 12.1 Å². The fourth-order valence-corrected chi connectivity index (χ4v) is 2.53. The summed E-state index contributed by atoms with van der Waals surface area (Å²) in [6.07, 6.45) is 2.99. The molecular weight excluding hydrogens is 281 g/mol. The number of ether oxygens (including phenoxy) is 1. The van der Waals surface area contributed by atoms with Gasteiger partial charge in [0.25, 0.3) is 0 Å². The SMILES string of the molecule is COCCCNCc1c(Cl)nc2sccn12.Cl. The van der Waals surface area contributed by atoms with Crippen LogP contribution >= 0.6 is 35.3 Å². The number of nitrogens with zero attached hydrogens (tertiary/aromatic N) is 2. The van der Waals surface area contributed by atoms with Gasteiger partial charge in [-0.05, 0) is 13.0 Å². The van der Waals surface area contributed by atoms with E-state index >= 15 is 0 Å². The number of nitrogens with one attached hydrogen (secondary N) is 1. The molecule has 7 heteroatoms. The molecule has 0 saturated carbocycles. The Kier molecular flexibility index (Phi) is 6.22. The van der Waals surface area contributed by atoms with Gasteiger partial charge in [0.05, 0.1) is 5.69 Å². The van der Waals surface area contributed by atoms with Gasteiger partial charge in [0.15, 0.2) is 10.1 Å². The van der Waals surface area contributed by atoms with Crippen LogP contribution in [-0.2, 0) is 11.3 Å². The quantitative estimate of drug-likeness (QED) is 0.833. The molecule has 2 aromatic rings. The topological polar surface area (TPSA) is 38.6 Å². The number of fused-ring (bicyclic) bond motifs is 1. The third-order valence-corrected chi connectivity index (χ3v) is 3.37. The molecule has 0 spiro atoms. The van der Waals surface area contributed by atoms with Crippen molar-refractivity contribution >= 4 is 40.3 Å². The Labute approximate surface area is 115 Å². The lowest BCUT2D eigenvalue weighted by atomic mass is 10.4. The van der Waals surface area contributed by atoms with Crippen molar-refractivity contribution in [2.45, 2.75) is 13.0 Å². The van der Waals surface area contributed by atoms with Gasteiger partial charge in [0.1, 0.15) is 0 Å². The van der Waals surface area contributed by atoms with Gasteiger partial charge in [-0.15, -0.1) is 23.7 Å². The molecule has 0 fully saturated rings. The molecule has 0 aromatic carbocycles. The molecule has 0 unspecified atom stereocenters. The Morgan fingerprint density at radius 1 is 1.59 bits per heavy atom. The first-order valence-corrected chi connectivity index (χ1v) is 6.38. The molecule has 0 aliphatic carbocycles. The van der Waals surface area contributed by atoms with Crippen LogP contribution in [0.15, 0.2) is 11.6 Å². The minimum atomic E-state index is 0.